The highest BCUT2D eigenvalue weighted by molar-refractivity contribution is 7.99. The van der Waals surface area contributed by atoms with Crippen LogP contribution in [0.4, 0.5) is 0 Å². The van der Waals surface area contributed by atoms with E-state index in [-0.39, 0.29) is 17.2 Å². The zero-order chi connectivity index (χ0) is 17.6. The van der Waals surface area contributed by atoms with Crippen LogP contribution in [0.2, 0.25) is 0 Å². The third-order valence-electron chi connectivity index (χ3n) is 4.18. The van der Waals surface area contributed by atoms with Crippen molar-refractivity contribution < 1.29 is 9.59 Å². The van der Waals surface area contributed by atoms with Crippen LogP contribution in [-0.4, -0.2) is 35.1 Å². The van der Waals surface area contributed by atoms with Gasteiger partial charge in [0.25, 0.3) is 5.91 Å². The Bertz CT molecular complexity index is 703. The number of nitrogens with zero attached hydrogens (tertiary/aromatic N) is 1. The minimum Gasteiger partial charge on any atom is -0.354 e. The molecule has 6 heteroatoms. The van der Waals surface area contributed by atoms with Crippen LogP contribution in [0.3, 0.4) is 0 Å². The van der Waals surface area contributed by atoms with Gasteiger partial charge in [0.05, 0.1) is 4.88 Å². The Morgan fingerprint density at radius 1 is 1.20 bits per heavy atom. The molecule has 2 aromatic rings. The fraction of sp³-hybridized carbons (Fsp3) is 0.368. The molecular formula is C19H22N2O2S2. The van der Waals surface area contributed by atoms with Crippen LogP contribution in [0.15, 0.2) is 47.8 Å². The summed E-state index contributed by atoms with van der Waals surface area (Å²) < 4.78 is 0. The van der Waals surface area contributed by atoms with Gasteiger partial charge in [-0.2, -0.15) is 0 Å². The Labute approximate surface area is 156 Å². The van der Waals surface area contributed by atoms with Crippen LogP contribution in [-0.2, 0) is 4.79 Å². The molecule has 1 aromatic carbocycles. The van der Waals surface area contributed by atoms with Crippen LogP contribution in [0, 0.1) is 0 Å². The molecule has 0 saturated carbocycles. The second kappa shape index (κ2) is 8.54. The molecule has 2 atom stereocenters. The molecule has 2 unspecified atom stereocenters. The number of rotatable bonds is 6. The molecule has 132 valence electrons. The highest BCUT2D eigenvalue weighted by Crippen LogP contribution is 2.42. The first-order valence-electron chi connectivity index (χ1n) is 8.52. The maximum atomic E-state index is 13.1. The molecule has 1 saturated heterocycles. The molecule has 0 radical (unpaired) electrons. The molecule has 3 rings (SSSR count). The van der Waals surface area contributed by atoms with Gasteiger partial charge in [-0.3, -0.25) is 9.59 Å². The molecule has 0 aliphatic carbocycles. The summed E-state index contributed by atoms with van der Waals surface area (Å²) in [5.41, 5.74) is 1.06. The van der Waals surface area contributed by atoms with Crippen molar-refractivity contribution in [2.24, 2.45) is 0 Å². The fourth-order valence-corrected chi connectivity index (χ4v) is 4.96. The van der Waals surface area contributed by atoms with Crippen molar-refractivity contribution in [2.75, 3.05) is 12.3 Å². The van der Waals surface area contributed by atoms with Gasteiger partial charge in [0.15, 0.2) is 0 Å². The number of nitrogens with one attached hydrogen (secondary N) is 1. The maximum Gasteiger partial charge on any atom is 0.265 e. The molecule has 0 spiro atoms. The third-order valence-corrected chi connectivity index (χ3v) is 6.36. The summed E-state index contributed by atoms with van der Waals surface area (Å²) >= 11 is 3.07. The first-order valence-corrected chi connectivity index (χ1v) is 10.5. The third kappa shape index (κ3) is 4.07. The largest absolute Gasteiger partial charge is 0.354 e. The smallest absolute Gasteiger partial charge is 0.265 e. The standard InChI is InChI=1S/C19H22N2O2S2/c1-2-3-11-20-17(22)15-13-25-19(14-8-5-4-6-9-14)21(15)18(23)16-10-7-12-24-16/h4-10,12,15,19H,2-3,11,13H2,1H3,(H,20,22). The van der Waals surface area contributed by atoms with E-state index in [2.05, 4.69) is 12.2 Å². The second-order valence-electron chi connectivity index (χ2n) is 5.95. The summed E-state index contributed by atoms with van der Waals surface area (Å²) in [4.78, 5) is 28.2. The molecule has 1 N–H and O–H groups in total. The summed E-state index contributed by atoms with van der Waals surface area (Å²) in [6.07, 6.45) is 1.98. The highest BCUT2D eigenvalue weighted by atomic mass is 32.2. The Balaban J connectivity index is 1.85. The minimum atomic E-state index is -0.429. The lowest BCUT2D eigenvalue weighted by atomic mass is 10.1. The van der Waals surface area contributed by atoms with E-state index in [1.165, 1.54) is 11.3 Å². The monoisotopic (exact) mass is 374 g/mol. The minimum absolute atomic E-state index is 0.0516. The molecule has 1 aromatic heterocycles. The quantitative estimate of drug-likeness (QED) is 0.780. The van der Waals surface area contributed by atoms with E-state index in [0.717, 1.165) is 18.4 Å². The number of carbonyl (C=O) groups is 2. The molecule has 1 aliphatic heterocycles. The topological polar surface area (TPSA) is 49.4 Å². The highest BCUT2D eigenvalue weighted by Gasteiger charge is 2.42. The molecule has 1 fully saturated rings. The van der Waals surface area contributed by atoms with Crippen LogP contribution < -0.4 is 5.32 Å². The van der Waals surface area contributed by atoms with E-state index in [9.17, 15) is 9.59 Å². The van der Waals surface area contributed by atoms with E-state index >= 15 is 0 Å². The number of hydrogen-bond acceptors (Lipinski definition) is 4. The van der Waals surface area contributed by atoms with Gasteiger partial charge in [0.1, 0.15) is 11.4 Å². The molecule has 25 heavy (non-hydrogen) atoms. The van der Waals surface area contributed by atoms with Gasteiger partial charge in [0.2, 0.25) is 5.91 Å². The van der Waals surface area contributed by atoms with Gasteiger partial charge >= 0.3 is 0 Å². The molecular weight excluding hydrogens is 352 g/mol. The van der Waals surface area contributed by atoms with E-state index in [0.29, 0.717) is 17.2 Å². The van der Waals surface area contributed by atoms with Crippen LogP contribution in [0.1, 0.15) is 40.4 Å². The lowest BCUT2D eigenvalue weighted by Crippen LogP contribution is -2.48. The van der Waals surface area contributed by atoms with Crippen molar-refractivity contribution in [3.63, 3.8) is 0 Å². The summed E-state index contributed by atoms with van der Waals surface area (Å²) in [6, 6.07) is 13.2. The summed E-state index contributed by atoms with van der Waals surface area (Å²) in [6.45, 7) is 2.75. The van der Waals surface area contributed by atoms with Gasteiger partial charge in [-0.05, 0) is 23.4 Å². The molecule has 2 heterocycles. The Hall–Kier alpha value is -1.79. The zero-order valence-electron chi connectivity index (χ0n) is 14.2. The normalized spacial score (nSPS) is 19.8. The van der Waals surface area contributed by atoms with Crippen LogP contribution in [0.25, 0.3) is 0 Å². The number of amides is 2. The SMILES string of the molecule is CCCCNC(=O)C1CSC(c2ccccc2)N1C(=O)c1cccs1. The van der Waals surface area contributed by atoms with Crippen molar-refractivity contribution in [1.82, 2.24) is 10.2 Å². The first-order chi connectivity index (χ1) is 12.2. The van der Waals surface area contributed by atoms with Crippen molar-refractivity contribution in [2.45, 2.75) is 31.2 Å². The summed E-state index contributed by atoms with van der Waals surface area (Å²) in [5.74, 6) is 0.503. The molecule has 4 nitrogen and oxygen atoms in total. The predicted octanol–water partition coefficient (Wildman–Crippen LogP) is 3.92. The van der Waals surface area contributed by atoms with E-state index < -0.39 is 6.04 Å². The summed E-state index contributed by atoms with van der Waals surface area (Å²) in [7, 11) is 0. The lowest BCUT2D eigenvalue weighted by Gasteiger charge is -2.28. The molecule has 1 aliphatic rings. The molecule has 0 bridgehead atoms. The first kappa shape index (κ1) is 18.0. The Morgan fingerprint density at radius 3 is 2.68 bits per heavy atom. The van der Waals surface area contributed by atoms with Gasteiger partial charge < -0.3 is 10.2 Å². The van der Waals surface area contributed by atoms with Crippen LogP contribution in [0.5, 0.6) is 0 Å². The van der Waals surface area contributed by atoms with Gasteiger partial charge in [-0.1, -0.05) is 49.7 Å². The number of benzene rings is 1. The van der Waals surface area contributed by atoms with Gasteiger partial charge in [-0.15, -0.1) is 23.1 Å². The van der Waals surface area contributed by atoms with Crippen molar-refractivity contribution in [3.05, 3.63) is 58.3 Å². The zero-order valence-corrected chi connectivity index (χ0v) is 15.8. The van der Waals surface area contributed by atoms with E-state index in [4.69, 9.17) is 0 Å². The van der Waals surface area contributed by atoms with Crippen molar-refractivity contribution in [3.8, 4) is 0 Å². The average Bonchev–Trinajstić information content (AvgIpc) is 3.32. The van der Waals surface area contributed by atoms with E-state index in [1.807, 2.05) is 47.8 Å². The average molecular weight is 375 g/mol. The Morgan fingerprint density at radius 2 is 2.00 bits per heavy atom. The molecule has 2 amide bonds. The second-order valence-corrected chi connectivity index (χ2v) is 8.01. The van der Waals surface area contributed by atoms with Crippen molar-refractivity contribution in [1.29, 1.82) is 0 Å². The number of carbonyl (C=O) groups excluding carboxylic acids is 2. The number of hydrogen-bond donors (Lipinski definition) is 1. The summed E-state index contributed by atoms with van der Waals surface area (Å²) in [5, 5.41) is 4.75. The van der Waals surface area contributed by atoms with Gasteiger partial charge in [0, 0.05) is 12.3 Å². The predicted molar refractivity (Wildman–Crippen MR) is 104 cm³/mol. The Kier molecular flexibility index (Phi) is 6.15. The number of thioether (sulfide) groups is 1. The maximum absolute atomic E-state index is 13.1. The van der Waals surface area contributed by atoms with Crippen molar-refractivity contribution >= 4 is 34.9 Å². The number of unbranched alkanes of at least 4 members (excludes halogenated alkanes) is 1. The lowest BCUT2D eigenvalue weighted by molar-refractivity contribution is -0.124. The van der Waals surface area contributed by atoms with Crippen LogP contribution >= 0.6 is 23.1 Å². The van der Waals surface area contributed by atoms with Gasteiger partial charge in [-0.25, -0.2) is 0 Å². The fourth-order valence-electron chi connectivity index (χ4n) is 2.86. The number of thiophene rings is 1. The van der Waals surface area contributed by atoms with E-state index in [1.54, 1.807) is 16.7 Å².